The molecule has 0 saturated heterocycles. The Morgan fingerprint density at radius 3 is 2.55 bits per heavy atom. The number of hydrazine groups is 1. The Labute approximate surface area is 121 Å². The van der Waals surface area contributed by atoms with E-state index in [1.54, 1.807) is 0 Å². The third-order valence-corrected chi connectivity index (χ3v) is 3.94. The molecule has 2 rings (SSSR count). The summed E-state index contributed by atoms with van der Waals surface area (Å²) in [6.07, 6.45) is 1.79. The van der Waals surface area contributed by atoms with Crippen molar-refractivity contribution in [3.8, 4) is 0 Å². The largest absolute Gasteiger partial charge is 0.272 e. The first-order valence-corrected chi connectivity index (χ1v) is 7.10. The number of rotatable bonds is 5. The average Bonchev–Trinajstić information content (AvgIpc) is 2.80. The van der Waals surface area contributed by atoms with E-state index in [-0.39, 0.29) is 6.04 Å². The van der Waals surface area contributed by atoms with Gasteiger partial charge in [-0.15, -0.1) is 0 Å². The molecule has 0 aliphatic rings. The van der Waals surface area contributed by atoms with Crippen LogP contribution in [0.3, 0.4) is 0 Å². The van der Waals surface area contributed by atoms with E-state index in [0.717, 1.165) is 18.5 Å². The van der Waals surface area contributed by atoms with E-state index in [0.29, 0.717) is 0 Å². The van der Waals surface area contributed by atoms with Crippen molar-refractivity contribution in [2.24, 2.45) is 12.9 Å². The molecule has 0 fully saturated rings. The quantitative estimate of drug-likeness (QED) is 0.649. The van der Waals surface area contributed by atoms with E-state index in [1.807, 2.05) is 11.7 Å². The van der Waals surface area contributed by atoms with Gasteiger partial charge in [0.15, 0.2) is 0 Å². The fourth-order valence-electron chi connectivity index (χ4n) is 2.40. The van der Waals surface area contributed by atoms with Crippen molar-refractivity contribution in [2.45, 2.75) is 39.7 Å². The fraction of sp³-hybridized carbons (Fsp3) is 0.438. The van der Waals surface area contributed by atoms with Gasteiger partial charge >= 0.3 is 0 Å². The zero-order chi connectivity index (χ0) is 14.7. The Morgan fingerprint density at radius 2 is 2.00 bits per heavy atom. The highest BCUT2D eigenvalue weighted by atomic mass is 15.3. The van der Waals surface area contributed by atoms with E-state index in [9.17, 15) is 0 Å². The summed E-state index contributed by atoms with van der Waals surface area (Å²) in [7, 11) is 1.99. The second kappa shape index (κ2) is 6.20. The summed E-state index contributed by atoms with van der Waals surface area (Å²) in [5, 5.41) is 4.49. The van der Waals surface area contributed by atoms with Crippen molar-refractivity contribution in [3.05, 3.63) is 52.3 Å². The van der Waals surface area contributed by atoms with Crippen molar-refractivity contribution in [1.82, 2.24) is 15.2 Å². The van der Waals surface area contributed by atoms with Crippen LogP contribution in [0.25, 0.3) is 0 Å². The topological polar surface area (TPSA) is 55.9 Å². The first-order valence-electron chi connectivity index (χ1n) is 7.10. The van der Waals surface area contributed by atoms with Crippen LogP contribution in [0, 0.1) is 13.8 Å². The molecule has 1 unspecified atom stereocenters. The summed E-state index contributed by atoms with van der Waals surface area (Å²) in [6, 6.07) is 8.76. The second-order valence-corrected chi connectivity index (χ2v) is 5.37. The zero-order valence-electron chi connectivity index (χ0n) is 12.8. The summed E-state index contributed by atoms with van der Waals surface area (Å²) in [6.45, 7) is 6.37. The van der Waals surface area contributed by atoms with Crippen LogP contribution in [0.5, 0.6) is 0 Å². The predicted molar refractivity (Wildman–Crippen MR) is 82.3 cm³/mol. The Bertz CT molecular complexity index is 586. The molecule has 1 atom stereocenters. The van der Waals surface area contributed by atoms with Gasteiger partial charge in [0.1, 0.15) is 0 Å². The van der Waals surface area contributed by atoms with Gasteiger partial charge in [-0.3, -0.25) is 16.0 Å². The number of nitrogens with zero attached hydrogens (tertiary/aromatic N) is 2. The van der Waals surface area contributed by atoms with Crippen LogP contribution < -0.4 is 11.3 Å². The lowest BCUT2D eigenvalue weighted by Crippen LogP contribution is -2.30. The Balaban J connectivity index is 2.23. The van der Waals surface area contributed by atoms with Gasteiger partial charge in [-0.25, -0.2) is 0 Å². The van der Waals surface area contributed by atoms with Gasteiger partial charge in [0.2, 0.25) is 0 Å². The smallest absolute Gasteiger partial charge is 0.0624 e. The van der Waals surface area contributed by atoms with Crippen molar-refractivity contribution in [1.29, 1.82) is 0 Å². The molecule has 0 aliphatic carbocycles. The molecule has 20 heavy (non-hydrogen) atoms. The molecule has 0 amide bonds. The molecule has 1 aromatic carbocycles. The van der Waals surface area contributed by atoms with Crippen LogP contribution in [0.2, 0.25) is 0 Å². The number of aromatic nitrogens is 2. The molecule has 2 aromatic rings. The second-order valence-electron chi connectivity index (χ2n) is 5.37. The molecular weight excluding hydrogens is 248 g/mol. The van der Waals surface area contributed by atoms with Crippen LogP contribution in [-0.4, -0.2) is 9.78 Å². The van der Waals surface area contributed by atoms with Crippen LogP contribution in [0.1, 0.15) is 41.0 Å². The van der Waals surface area contributed by atoms with Crippen molar-refractivity contribution in [3.63, 3.8) is 0 Å². The Kier molecular flexibility index (Phi) is 4.57. The van der Waals surface area contributed by atoms with E-state index in [2.05, 4.69) is 55.6 Å². The van der Waals surface area contributed by atoms with Gasteiger partial charge in [0.05, 0.1) is 11.7 Å². The lowest BCUT2D eigenvalue weighted by molar-refractivity contribution is 0.529. The molecule has 1 heterocycles. The summed E-state index contributed by atoms with van der Waals surface area (Å²) in [4.78, 5) is 0. The normalized spacial score (nSPS) is 12.7. The van der Waals surface area contributed by atoms with Gasteiger partial charge in [-0.2, -0.15) is 5.10 Å². The summed E-state index contributed by atoms with van der Waals surface area (Å²) < 4.78 is 1.95. The molecule has 0 radical (unpaired) electrons. The lowest BCUT2D eigenvalue weighted by Gasteiger charge is -2.17. The van der Waals surface area contributed by atoms with Crippen LogP contribution >= 0.6 is 0 Å². The molecule has 0 saturated carbocycles. The van der Waals surface area contributed by atoms with Gasteiger partial charge in [0, 0.05) is 19.2 Å². The molecule has 4 heteroatoms. The van der Waals surface area contributed by atoms with E-state index in [1.165, 1.54) is 22.4 Å². The highest BCUT2D eigenvalue weighted by molar-refractivity contribution is 5.32. The van der Waals surface area contributed by atoms with E-state index in [4.69, 9.17) is 5.84 Å². The third-order valence-electron chi connectivity index (χ3n) is 3.94. The number of nitrogens with one attached hydrogen (secondary N) is 1. The summed E-state index contributed by atoms with van der Waals surface area (Å²) in [5.74, 6) is 5.75. The summed E-state index contributed by atoms with van der Waals surface area (Å²) in [5.41, 5.74) is 9.06. The minimum atomic E-state index is 0.106. The maximum Gasteiger partial charge on any atom is 0.0624 e. The predicted octanol–water partition coefficient (Wildman–Crippen LogP) is 2.35. The number of benzene rings is 1. The molecule has 0 spiro atoms. The first-order chi connectivity index (χ1) is 9.55. The van der Waals surface area contributed by atoms with Gasteiger partial charge < -0.3 is 0 Å². The molecule has 108 valence electrons. The molecule has 1 aromatic heterocycles. The van der Waals surface area contributed by atoms with Gasteiger partial charge in [-0.05, 0) is 43.0 Å². The van der Waals surface area contributed by atoms with Crippen LogP contribution in [-0.2, 0) is 19.9 Å². The van der Waals surface area contributed by atoms with Crippen LogP contribution in [0.4, 0.5) is 0 Å². The van der Waals surface area contributed by atoms with Gasteiger partial charge in [-0.1, -0.05) is 25.1 Å². The zero-order valence-corrected chi connectivity index (χ0v) is 12.8. The average molecular weight is 272 g/mol. The number of aryl methyl sites for hydroxylation is 4. The van der Waals surface area contributed by atoms with Crippen LogP contribution in [0.15, 0.2) is 24.3 Å². The van der Waals surface area contributed by atoms with Gasteiger partial charge in [0.25, 0.3) is 0 Å². The fourth-order valence-corrected chi connectivity index (χ4v) is 2.40. The maximum absolute atomic E-state index is 5.75. The standard InChI is InChI=1S/C16H24N4/c1-5-14-9-15(20(4)19-14)10-16(18-17)13-7-6-11(2)12(3)8-13/h6-9,16,18H,5,10,17H2,1-4H3. The van der Waals surface area contributed by atoms with E-state index >= 15 is 0 Å². The molecule has 3 N–H and O–H groups in total. The minimum absolute atomic E-state index is 0.106. The van der Waals surface area contributed by atoms with E-state index < -0.39 is 0 Å². The summed E-state index contributed by atoms with van der Waals surface area (Å²) >= 11 is 0. The highest BCUT2D eigenvalue weighted by Crippen LogP contribution is 2.21. The number of hydrogen-bond donors (Lipinski definition) is 2. The maximum atomic E-state index is 5.75. The number of nitrogens with two attached hydrogens (primary N) is 1. The first kappa shape index (κ1) is 14.8. The molecule has 0 bridgehead atoms. The monoisotopic (exact) mass is 272 g/mol. The molecular formula is C16H24N4. The van der Waals surface area contributed by atoms with Crippen molar-refractivity contribution in [2.75, 3.05) is 0 Å². The third kappa shape index (κ3) is 3.08. The molecule has 4 nitrogen and oxygen atoms in total. The minimum Gasteiger partial charge on any atom is -0.272 e. The Morgan fingerprint density at radius 1 is 1.25 bits per heavy atom. The number of hydrogen-bond acceptors (Lipinski definition) is 3. The Hall–Kier alpha value is -1.65. The molecule has 0 aliphatic heterocycles. The lowest BCUT2D eigenvalue weighted by atomic mass is 9.98. The highest BCUT2D eigenvalue weighted by Gasteiger charge is 2.14. The van der Waals surface area contributed by atoms with Crippen molar-refractivity contribution >= 4 is 0 Å². The van der Waals surface area contributed by atoms with Crippen molar-refractivity contribution < 1.29 is 0 Å². The SMILES string of the molecule is CCc1cc(CC(NN)c2ccc(C)c(C)c2)n(C)n1.